The van der Waals surface area contributed by atoms with Crippen LogP contribution < -0.4 is 5.32 Å². The topological polar surface area (TPSA) is 133 Å². The lowest BCUT2D eigenvalue weighted by Crippen LogP contribution is -2.29. The van der Waals surface area contributed by atoms with Crippen molar-refractivity contribution in [2.75, 3.05) is 6.54 Å². The Balaban J connectivity index is 1.41. The molecule has 0 spiro atoms. The highest BCUT2D eigenvalue weighted by molar-refractivity contribution is 5.67. The van der Waals surface area contributed by atoms with E-state index in [9.17, 15) is 15.0 Å². The molecule has 0 fully saturated rings. The molecule has 0 bridgehead atoms. The number of aromatic amines is 1. The molecule has 9 heteroatoms. The van der Waals surface area contributed by atoms with Crippen LogP contribution in [0.5, 0.6) is 0 Å². The van der Waals surface area contributed by atoms with Crippen molar-refractivity contribution in [3.8, 4) is 11.4 Å². The number of carbonyl (C=O) groups excluding carboxylic acids is 1. The number of aromatic nitrogens is 4. The number of amides is 1. The molecule has 0 aliphatic heterocycles. The van der Waals surface area contributed by atoms with E-state index in [2.05, 4.69) is 25.9 Å². The first-order chi connectivity index (χ1) is 13.6. The van der Waals surface area contributed by atoms with E-state index in [4.69, 9.17) is 4.74 Å². The number of hydrogen-bond acceptors (Lipinski definition) is 7. The van der Waals surface area contributed by atoms with Crippen molar-refractivity contribution < 1.29 is 19.7 Å². The molecule has 28 heavy (non-hydrogen) atoms. The number of aliphatic hydroxyl groups is 2. The number of tetrazole rings is 1. The van der Waals surface area contributed by atoms with Crippen LogP contribution in [0.1, 0.15) is 23.7 Å². The predicted molar refractivity (Wildman–Crippen MR) is 99.8 cm³/mol. The van der Waals surface area contributed by atoms with Gasteiger partial charge in [-0.25, -0.2) is 4.79 Å². The molecule has 146 valence electrons. The molecule has 3 rings (SSSR count). The Kier molecular flexibility index (Phi) is 6.66. The van der Waals surface area contributed by atoms with Crippen molar-refractivity contribution in [1.82, 2.24) is 25.9 Å². The number of ether oxygens (including phenoxy) is 1. The third-order valence-electron chi connectivity index (χ3n) is 4.14. The maximum absolute atomic E-state index is 11.7. The molecule has 1 amide bonds. The summed E-state index contributed by atoms with van der Waals surface area (Å²) in [6, 6.07) is 16.2. The van der Waals surface area contributed by atoms with Crippen molar-refractivity contribution >= 4 is 6.09 Å². The smallest absolute Gasteiger partial charge is 0.407 e. The number of benzene rings is 2. The van der Waals surface area contributed by atoms with Gasteiger partial charge in [0.05, 0.1) is 6.10 Å². The van der Waals surface area contributed by atoms with Gasteiger partial charge in [0.25, 0.3) is 0 Å². The van der Waals surface area contributed by atoms with Crippen molar-refractivity contribution in [2.45, 2.75) is 25.2 Å². The van der Waals surface area contributed by atoms with Crippen molar-refractivity contribution in [3.63, 3.8) is 0 Å². The summed E-state index contributed by atoms with van der Waals surface area (Å²) in [4.78, 5) is 11.7. The van der Waals surface area contributed by atoms with E-state index < -0.39 is 18.3 Å². The number of nitrogens with one attached hydrogen (secondary N) is 2. The van der Waals surface area contributed by atoms with E-state index in [-0.39, 0.29) is 19.6 Å². The molecule has 2 atom stereocenters. The summed E-state index contributed by atoms with van der Waals surface area (Å²) in [7, 11) is 0. The van der Waals surface area contributed by atoms with E-state index in [1.54, 1.807) is 24.3 Å². The third-order valence-corrected chi connectivity index (χ3v) is 4.14. The lowest BCUT2D eigenvalue weighted by atomic mass is 10.0. The van der Waals surface area contributed by atoms with Crippen LogP contribution in [-0.2, 0) is 11.3 Å². The summed E-state index contributed by atoms with van der Waals surface area (Å²) in [5, 5.41) is 36.6. The first kappa shape index (κ1) is 19.5. The quantitative estimate of drug-likeness (QED) is 0.464. The van der Waals surface area contributed by atoms with Crippen LogP contribution in [0, 0.1) is 0 Å². The van der Waals surface area contributed by atoms with Gasteiger partial charge in [-0.2, -0.15) is 5.21 Å². The molecule has 1 heterocycles. The lowest BCUT2D eigenvalue weighted by molar-refractivity contribution is 0.0136. The molecule has 0 saturated heterocycles. The van der Waals surface area contributed by atoms with Gasteiger partial charge in [-0.1, -0.05) is 54.6 Å². The van der Waals surface area contributed by atoms with Gasteiger partial charge in [-0.05, 0) is 22.8 Å². The van der Waals surface area contributed by atoms with Crippen LogP contribution in [-0.4, -0.2) is 49.6 Å². The number of carbonyl (C=O) groups is 1. The highest BCUT2D eigenvalue weighted by atomic mass is 16.5. The fourth-order valence-corrected chi connectivity index (χ4v) is 2.59. The van der Waals surface area contributed by atoms with E-state index in [1.165, 1.54) is 0 Å². The van der Waals surface area contributed by atoms with E-state index in [0.29, 0.717) is 11.4 Å². The second-order valence-electron chi connectivity index (χ2n) is 6.15. The number of hydrogen-bond donors (Lipinski definition) is 4. The number of aliphatic hydroxyl groups excluding tert-OH is 2. The van der Waals surface area contributed by atoms with Crippen LogP contribution in [0.4, 0.5) is 4.79 Å². The predicted octanol–water partition coefficient (Wildman–Crippen LogP) is 1.58. The van der Waals surface area contributed by atoms with Gasteiger partial charge in [0, 0.05) is 12.1 Å². The van der Waals surface area contributed by atoms with E-state index >= 15 is 0 Å². The Hall–Kier alpha value is -3.30. The second-order valence-corrected chi connectivity index (χ2v) is 6.15. The molecule has 1 aromatic heterocycles. The summed E-state index contributed by atoms with van der Waals surface area (Å²) in [6.45, 7) is 0.345. The van der Waals surface area contributed by atoms with Crippen LogP contribution in [0.25, 0.3) is 11.4 Å². The highest BCUT2D eigenvalue weighted by Gasteiger charge is 2.19. The van der Waals surface area contributed by atoms with E-state index in [1.807, 2.05) is 30.3 Å². The molecule has 2 aromatic carbocycles. The summed E-state index contributed by atoms with van der Waals surface area (Å²) in [5.41, 5.74) is 2.17. The van der Waals surface area contributed by atoms with Crippen LogP contribution in [0.2, 0.25) is 0 Å². The van der Waals surface area contributed by atoms with Gasteiger partial charge in [0.1, 0.15) is 12.7 Å². The standard InChI is InChI=1S/C19H21N5O4/c25-16(10-11-20-19(27)28-12-13-4-2-1-3-5-13)17(26)14-6-8-15(9-7-14)18-21-23-24-22-18/h1-9,16-17,25-26H,10-12H2,(H,20,27)(H,21,22,23,24). The Morgan fingerprint density at radius 1 is 1.11 bits per heavy atom. The van der Waals surface area contributed by atoms with Crippen LogP contribution >= 0.6 is 0 Å². The van der Waals surface area contributed by atoms with Gasteiger partial charge in [-0.3, -0.25) is 0 Å². The molecule has 0 saturated carbocycles. The maximum Gasteiger partial charge on any atom is 0.407 e. The van der Waals surface area contributed by atoms with Gasteiger partial charge < -0.3 is 20.3 Å². The van der Waals surface area contributed by atoms with Crippen LogP contribution in [0.3, 0.4) is 0 Å². The zero-order chi connectivity index (χ0) is 19.8. The Bertz CT molecular complexity index is 856. The first-order valence-electron chi connectivity index (χ1n) is 8.78. The molecule has 0 radical (unpaired) electrons. The minimum absolute atomic E-state index is 0.171. The molecule has 3 aromatic rings. The fourth-order valence-electron chi connectivity index (χ4n) is 2.59. The zero-order valence-electron chi connectivity index (χ0n) is 15.0. The SMILES string of the molecule is O=C(NCCC(O)C(O)c1ccc(-c2nn[nH]n2)cc1)OCc1ccccc1. The molecule has 0 aliphatic carbocycles. The largest absolute Gasteiger partial charge is 0.445 e. The van der Waals surface area contributed by atoms with Gasteiger partial charge in [-0.15, -0.1) is 10.2 Å². The van der Waals surface area contributed by atoms with Gasteiger partial charge in [0.15, 0.2) is 0 Å². The molecule has 4 N–H and O–H groups in total. The normalized spacial score (nSPS) is 12.9. The molecular weight excluding hydrogens is 362 g/mol. The van der Waals surface area contributed by atoms with Crippen molar-refractivity contribution in [3.05, 3.63) is 65.7 Å². The van der Waals surface area contributed by atoms with Gasteiger partial charge in [0.2, 0.25) is 5.82 Å². The van der Waals surface area contributed by atoms with Crippen molar-refractivity contribution in [2.24, 2.45) is 0 Å². The van der Waals surface area contributed by atoms with Crippen molar-refractivity contribution in [1.29, 1.82) is 0 Å². The number of H-pyrrole nitrogens is 1. The third kappa shape index (κ3) is 5.35. The minimum Gasteiger partial charge on any atom is -0.445 e. The number of nitrogens with zero attached hydrogens (tertiary/aromatic N) is 3. The molecule has 2 unspecified atom stereocenters. The lowest BCUT2D eigenvalue weighted by Gasteiger charge is -2.18. The molecule has 0 aliphatic rings. The van der Waals surface area contributed by atoms with Gasteiger partial charge >= 0.3 is 6.09 Å². The summed E-state index contributed by atoms with van der Waals surface area (Å²) < 4.78 is 5.09. The molecule has 9 nitrogen and oxygen atoms in total. The fraction of sp³-hybridized carbons (Fsp3) is 0.263. The monoisotopic (exact) mass is 383 g/mol. The average molecular weight is 383 g/mol. The summed E-state index contributed by atoms with van der Waals surface area (Å²) in [5.74, 6) is 0.444. The highest BCUT2D eigenvalue weighted by Crippen LogP contribution is 2.22. The van der Waals surface area contributed by atoms with Crippen LogP contribution in [0.15, 0.2) is 54.6 Å². The number of alkyl carbamates (subject to hydrolysis) is 1. The average Bonchev–Trinajstić information content (AvgIpc) is 3.27. The molecular formula is C19H21N5O4. The maximum atomic E-state index is 11.7. The summed E-state index contributed by atoms with van der Waals surface area (Å²) >= 11 is 0. The van der Waals surface area contributed by atoms with E-state index in [0.717, 1.165) is 11.1 Å². The first-order valence-corrected chi connectivity index (χ1v) is 8.78. The zero-order valence-corrected chi connectivity index (χ0v) is 15.0. The Labute approximate surface area is 161 Å². The summed E-state index contributed by atoms with van der Waals surface area (Å²) in [6.07, 6.45) is -2.52. The Morgan fingerprint density at radius 3 is 2.54 bits per heavy atom. The second kappa shape index (κ2) is 9.58. The minimum atomic E-state index is -1.08. The number of rotatable bonds is 8. The Morgan fingerprint density at radius 2 is 1.86 bits per heavy atom.